The topological polar surface area (TPSA) is 98.5 Å². The van der Waals surface area contributed by atoms with Crippen LogP contribution in [-0.4, -0.2) is 24.4 Å². The highest BCUT2D eigenvalue weighted by Crippen LogP contribution is 2.22. The number of carbonyl (C=O) groups excluding carboxylic acids is 3. The van der Waals surface area contributed by atoms with E-state index >= 15 is 0 Å². The summed E-state index contributed by atoms with van der Waals surface area (Å²) in [6.45, 7) is -0.428. The van der Waals surface area contributed by atoms with Crippen molar-refractivity contribution in [3.05, 3.63) is 65.0 Å². The summed E-state index contributed by atoms with van der Waals surface area (Å²) in [5, 5.41) is 6.62. The van der Waals surface area contributed by atoms with Crippen LogP contribution in [-0.2, 0) is 20.7 Å². The fourth-order valence-corrected chi connectivity index (χ4v) is 3.28. The van der Waals surface area contributed by atoms with Gasteiger partial charge in [0.05, 0.1) is 12.0 Å². The molecule has 1 heterocycles. The van der Waals surface area contributed by atoms with E-state index in [0.29, 0.717) is 5.00 Å². The maximum absolute atomic E-state index is 12.0. The van der Waals surface area contributed by atoms with Gasteiger partial charge in [-0.15, -0.1) is 11.3 Å². The maximum atomic E-state index is 12.0. The lowest BCUT2D eigenvalue weighted by atomic mass is 10.1. The third-order valence-corrected chi connectivity index (χ3v) is 4.54. The lowest BCUT2D eigenvalue weighted by Crippen LogP contribution is -2.22. The predicted molar refractivity (Wildman–Crippen MR) is 100 cm³/mol. The summed E-state index contributed by atoms with van der Waals surface area (Å²) in [6, 6.07) is 15.1. The number of rotatable bonds is 6. The Balaban J connectivity index is 1.53. The Labute approximate surface area is 153 Å². The predicted octanol–water partition coefficient (Wildman–Crippen LogP) is 2.72. The van der Waals surface area contributed by atoms with Crippen molar-refractivity contribution in [2.45, 2.75) is 6.42 Å². The summed E-state index contributed by atoms with van der Waals surface area (Å²) in [7, 11) is 0. The number of ether oxygens (including phenoxy) is 1. The number of nitrogens with two attached hydrogens (primary N) is 1. The maximum Gasteiger partial charge on any atom is 0.310 e. The van der Waals surface area contributed by atoms with Crippen LogP contribution < -0.4 is 11.1 Å². The van der Waals surface area contributed by atoms with Gasteiger partial charge in [-0.1, -0.05) is 42.5 Å². The van der Waals surface area contributed by atoms with Gasteiger partial charge in [-0.3, -0.25) is 14.4 Å². The van der Waals surface area contributed by atoms with Gasteiger partial charge in [0.1, 0.15) is 5.00 Å². The van der Waals surface area contributed by atoms with Gasteiger partial charge >= 0.3 is 5.97 Å². The van der Waals surface area contributed by atoms with Gasteiger partial charge in [-0.25, -0.2) is 0 Å². The highest BCUT2D eigenvalue weighted by molar-refractivity contribution is 7.14. The second-order valence-corrected chi connectivity index (χ2v) is 6.51. The molecule has 132 valence electrons. The van der Waals surface area contributed by atoms with Gasteiger partial charge in [-0.05, 0) is 27.8 Å². The van der Waals surface area contributed by atoms with E-state index in [4.69, 9.17) is 10.5 Å². The first-order chi connectivity index (χ1) is 12.5. The number of esters is 1. The summed E-state index contributed by atoms with van der Waals surface area (Å²) in [4.78, 5) is 35.1. The number of benzene rings is 2. The second kappa shape index (κ2) is 7.79. The molecule has 0 aliphatic carbocycles. The second-order valence-electron chi connectivity index (χ2n) is 5.59. The number of nitrogens with one attached hydrogen (secondary N) is 1. The average molecular weight is 368 g/mol. The van der Waals surface area contributed by atoms with Crippen molar-refractivity contribution in [1.82, 2.24) is 0 Å². The van der Waals surface area contributed by atoms with Crippen LogP contribution in [0, 0.1) is 0 Å². The molecular weight excluding hydrogens is 352 g/mol. The lowest BCUT2D eigenvalue weighted by molar-refractivity contribution is -0.146. The summed E-state index contributed by atoms with van der Waals surface area (Å²) >= 11 is 1.17. The van der Waals surface area contributed by atoms with Crippen LogP contribution in [0.2, 0.25) is 0 Å². The van der Waals surface area contributed by atoms with E-state index in [0.717, 1.165) is 16.3 Å². The van der Waals surface area contributed by atoms with Crippen LogP contribution in [0.15, 0.2) is 53.9 Å². The molecule has 0 radical (unpaired) electrons. The Morgan fingerprint density at radius 3 is 2.58 bits per heavy atom. The van der Waals surface area contributed by atoms with Crippen LogP contribution in [0.5, 0.6) is 0 Å². The van der Waals surface area contributed by atoms with Crippen molar-refractivity contribution in [3.63, 3.8) is 0 Å². The van der Waals surface area contributed by atoms with Crippen molar-refractivity contribution < 1.29 is 19.1 Å². The van der Waals surface area contributed by atoms with Crippen LogP contribution in [0.1, 0.15) is 15.9 Å². The monoisotopic (exact) mass is 368 g/mol. The number of thiophene rings is 1. The molecule has 26 heavy (non-hydrogen) atoms. The molecule has 0 saturated heterocycles. The Kier molecular flexibility index (Phi) is 5.28. The van der Waals surface area contributed by atoms with Crippen molar-refractivity contribution in [3.8, 4) is 0 Å². The lowest BCUT2D eigenvalue weighted by Gasteiger charge is -2.07. The van der Waals surface area contributed by atoms with Gasteiger partial charge < -0.3 is 15.8 Å². The van der Waals surface area contributed by atoms with Crippen molar-refractivity contribution in [2.24, 2.45) is 5.73 Å². The average Bonchev–Trinajstić information content (AvgIpc) is 3.08. The molecule has 3 aromatic rings. The van der Waals surface area contributed by atoms with Gasteiger partial charge in [-0.2, -0.15) is 0 Å². The Morgan fingerprint density at radius 2 is 1.81 bits per heavy atom. The molecule has 6 nitrogen and oxygen atoms in total. The van der Waals surface area contributed by atoms with Gasteiger partial charge in [0.25, 0.3) is 11.8 Å². The molecule has 0 aliphatic heterocycles. The number of anilines is 1. The number of amides is 2. The zero-order chi connectivity index (χ0) is 18.5. The normalized spacial score (nSPS) is 10.5. The number of hydrogen-bond acceptors (Lipinski definition) is 5. The minimum absolute atomic E-state index is 0.0731. The van der Waals surface area contributed by atoms with Crippen molar-refractivity contribution in [2.75, 3.05) is 11.9 Å². The first-order valence-electron chi connectivity index (χ1n) is 7.83. The van der Waals surface area contributed by atoms with Crippen LogP contribution in [0.3, 0.4) is 0 Å². The molecule has 0 saturated carbocycles. The van der Waals surface area contributed by atoms with E-state index in [9.17, 15) is 14.4 Å². The molecule has 7 heteroatoms. The van der Waals surface area contributed by atoms with E-state index in [1.807, 2.05) is 42.5 Å². The van der Waals surface area contributed by atoms with Crippen molar-refractivity contribution >= 4 is 44.9 Å². The first-order valence-corrected chi connectivity index (χ1v) is 8.71. The molecule has 0 fully saturated rings. The minimum Gasteiger partial charge on any atom is -0.455 e. The number of primary amides is 1. The molecule has 0 spiro atoms. The van der Waals surface area contributed by atoms with E-state index in [2.05, 4.69) is 5.32 Å². The molecular formula is C19H16N2O4S. The molecule has 1 aromatic heterocycles. The van der Waals surface area contributed by atoms with Crippen LogP contribution in [0.4, 0.5) is 5.00 Å². The van der Waals surface area contributed by atoms with Gasteiger partial charge in [0.2, 0.25) is 0 Å². The summed E-state index contributed by atoms with van der Waals surface area (Å²) in [5.74, 6) is -1.66. The molecule has 0 atom stereocenters. The highest BCUT2D eigenvalue weighted by Gasteiger charge is 2.14. The van der Waals surface area contributed by atoms with E-state index in [-0.39, 0.29) is 12.0 Å². The molecule has 2 aromatic carbocycles. The summed E-state index contributed by atoms with van der Waals surface area (Å²) in [6.07, 6.45) is 0.0731. The summed E-state index contributed by atoms with van der Waals surface area (Å²) < 4.78 is 5.01. The van der Waals surface area contributed by atoms with Gasteiger partial charge in [0.15, 0.2) is 6.61 Å². The van der Waals surface area contributed by atoms with E-state index in [1.54, 1.807) is 5.38 Å². The number of fused-ring (bicyclic) bond motifs is 1. The molecule has 2 amide bonds. The van der Waals surface area contributed by atoms with Crippen LogP contribution in [0.25, 0.3) is 10.8 Å². The third kappa shape index (κ3) is 4.25. The molecule has 3 rings (SSSR count). The molecule has 0 unspecified atom stereocenters. The van der Waals surface area contributed by atoms with E-state index in [1.165, 1.54) is 17.4 Å². The fourth-order valence-electron chi connectivity index (χ4n) is 2.48. The SMILES string of the molecule is NC(=O)c1ccsc1NC(=O)COC(=O)Cc1ccc2ccccc2c1. The van der Waals surface area contributed by atoms with E-state index < -0.39 is 24.4 Å². The largest absolute Gasteiger partial charge is 0.455 e. The number of carbonyl (C=O) groups is 3. The quantitative estimate of drug-likeness (QED) is 0.654. The third-order valence-electron chi connectivity index (χ3n) is 3.71. The Bertz CT molecular complexity index is 980. The highest BCUT2D eigenvalue weighted by atomic mass is 32.1. The Morgan fingerprint density at radius 1 is 1.04 bits per heavy atom. The summed E-state index contributed by atoms with van der Waals surface area (Å²) in [5.41, 5.74) is 6.25. The molecule has 0 bridgehead atoms. The smallest absolute Gasteiger partial charge is 0.310 e. The molecule has 0 aliphatic rings. The standard InChI is InChI=1S/C19H16N2O4S/c20-18(24)15-7-8-26-19(15)21-16(22)11-25-17(23)10-12-5-6-13-3-1-2-4-14(13)9-12/h1-9H,10-11H2,(H2,20,24)(H,21,22). The van der Waals surface area contributed by atoms with Gasteiger partial charge in [0, 0.05) is 0 Å². The Hall–Kier alpha value is -3.19. The fraction of sp³-hybridized carbons (Fsp3) is 0.105. The zero-order valence-corrected chi connectivity index (χ0v) is 14.5. The first kappa shape index (κ1) is 17.6. The molecule has 3 N–H and O–H groups in total. The minimum atomic E-state index is -0.630. The van der Waals surface area contributed by atoms with Crippen LogP contribution >= 0.6 is 11.3 Å². The zero-order valence-electron chi connectivity index (χ0n) is 13.7. The van der Waals surface area contributed by atoms with Crippen molar-refractivity contribution in [1.29, 1.82) is 0 Å². The number of hydrogen-bond donors (Lipinski definition) is 2.